The van der Waals surface area contributed by atoms with Gasteiger partial charge >= 0.3 is 0 Å². The first-order valence-corrected chi connectivity index (χ1v) is 6.55. The third-order valence-corrected chi connectivity index (χ3v) is 3.23. The van der Waals surface area contributed by atoms with Crippen molar-refractivity contribution < 1.29 is 4.79 Å². The number of benzene rings is 1. The second-order valence-corrected chi connectivity index (χ2v) is 4.68. The molecule has 0 aromatic heterocycles. The number of hydrogen-bond donors (Lipinski definition) is 2. The third kappa shape index (κ3) is 2.94. The van der Waals surface area contributed by atoms with Crippen LogP contribution in [0.15, 0.2) is 18.2 Å². The summed E-state index contributed by atoms with van der Waals surface area (Å²) in [4.78, 5) is 13.5. The van der Waals surface area contributed by atoms with Crippen LogP contribution in [0.25, 0.3) is 0 Å². The number of fused-ring (bicyclic) bond motifs is 1. The van der Waals surface area contributed by atoms with E-state index in [-0.39, 0.29) is 5.91 Å². The molecule has 1 aliphatic rings. The van der Waals surface area contributed by atoms with E-state index < -0.39 is 0 Å². The molecule has 0 spiro atoms. The summed E-state index contributed by atoms with van der Waals surface area (Å²) >= 11 is 0. The summed E-state index contributed by atoms with van der Waals surface area (Å²) in [6.45, 7) is 4.04. The van der Waals surface area contributed by atoms with Gasteiger partial charge in [0.25, 0.3) is 0 Å². The van der Waals surface area contributed by atoms with Crippen molar-refractivity contribution in [1.82, 2.24) is 5.32 Å². The monoisotopic (exact) mass is 247 g/mol. The standard InChI is InChI=1S/C14H21N3O/c1-3-15-14(18)10-17(2)12-7-6-11-5-4-8-16-13(11)9-12/h6-7,9,16H,3-5,8,10H2,1-2H3,(H,15,18). The SMILES string of the molecule is CCNC(=O)CN(C)c1ccc2c(c1)NCCC2. The molecule has 0 bridgehead atoms. The van der Waals surface area contributed by atoms with Crippen LogP contribution >= 0.6 is 0 Å². The highest BCUT2D eigenvalue weighted by molar-refractivity contribution is 5.81. The molecule has 0 radical (unpaired) electrons. The first-order chi connectivity index (χ1) is 8.70. The van der Waals surface area contributed by atoms with Crippen molar-refractivity contribution in [3.8, 4) is 0 Å². The summed E-state index contributed by atoms with van der Waals surface area (Å²) in [5, 5.41) is 6.22. The lowest BCUT2D eigenvalue weighted by Gasteiger charge is -2.23. The summed E-state index contributed by atoms with van der Waals surface area (Å²) in [5.74, 6) is 0.0608. The van der Waals surface area contributed by atoms with E-state index in [9.17, 15) is 4.79 Å². The van der Waals surface area contributed by atoms with Gasteiger partial charge < -0.3 is 15.5 Å². The Hall–Kier alpha value is -1.71. The van der Waals surface area contributed by atoms with Crippen LogP contribution in [0.1, 0.15) is 18.9 Å². The number of nitrogens with zero attached hydrogens (tertiary/aromatic N) is 1. The molecule has 2 rings (SSSR count). The second-order valence-electron chi connectivity index (χ2n) is 4.68. The number of aryl methyl sites for hydroxylation is 1. The highest BCUT2D eigenvalue weighted by Crippen LogP contribution is 2.26. The molecule has 2 N–H and O–H groups in total. The van der Waals surface area contributed by atoms with Crippen LogP contribution in [-0.4, -0.2) is 32.6 Å². The lowest BCUT2D eigenvalue weighted by Crippen LogP contribution is -2.35. The van der Waals surface area contributed by atoms with Crippen molar-refractivity contribution in [3.05, 3.63) is 23.8 Å². The minimum atomic E-state index is 0.0608. The lowest BCUT2D eigenvalue weighted by atomic mass is 10.0. The molecule has 98 valence electrons. The smallest absolute Gasteiger partial charge is 0.239 e. The van der Waals surface area contributed by atoms with Crippen LogP contribution in [0.2, 0.25) is 0 Å². The molecule has 1 amide bonds. The number of rotatable bonds is 4. The van der Waals surface area contributed by atoms with Gasteiger partial charge in [0, 0.05) is 31.5 Å². The summed E-state index contributed by atoms with van der Waals surface area (Å²) in [6.07, 6.45) is 2.34. The summed E-state index contributed by atoms with van der Waals surface area (Å²) in [6, 6.07) is 6.38. The maximum absolute atomic E-state index is 11.5. The number of amides is 1. The van der Waals surface area contributed by atoms with Gasteiger partial charge in [0.15, 0.2) is 0 Å². The van der Waals surface area contributed by atoms with Crippen LogP contribution in [0, 0.1) is 0 Å². The van der Waals surface area contributed by atoms with E-state index in [1.165, 1.54) is 17.7 Å². The number of carbonyl (C=O) groups is 1. The molecule has 0 aliphatic carbocycles. The van der Waals surface area contributed by atoms with E-state index in [2.05, 4.69) is 28.8 Å². The average Bonchev–Trinajstić information content (AvgIpc) is 2.38. The minimum absolute atomic E-state index is 0.0608. The second kappa shape index (κ2) is 5.76. The normalized spacial score (nSPS) is 13.4. The first kappa shape index (κ1) is 12.7. The Balaban J connectivity index is 2.06. The van der Waals surface area contributed by atoms with Gasteiger partial charge in [0.2, 0.25) is 5.91 Å². The quantitative estimate of drug-likeness (QED) is 0.849. The van der Waals surface area contributed by atoms with Gasteiger partial charge in [-0.15, -0.1) is 0 Å². The third-order valence-electron chi connectivity index (χ3n) is 3.23. The molecule has 4 nitrogen and oxygen atoms in total. The molecule has 0 saturated heterocycles. The maximum atomic E-state index is 11.5. The number of likely N-dealkylation sites (N-methyl/N-ethyl adjacent to an activating group) is 2. The van der Waals surface area contributed by atoms with E-state index in [1.54, 1.807) is 0 Å². The topological polar surface area (TPSA) is 44.4 Å². The molecule has 1 aliphatic heterocycles. The van der Waals surface area contributed by atoms with Crippen LogP contribution in [0.4, 0.5) is 11.4 Å². The van der Waals surface area contributed by atoms with Crippen LogP contribution in [0.5, 0.6) is 0 Å². The van der Waals surface area contributed by atoms with Gasteiger partial charge in [-0.3, -0.25) is 4.79 Å². The first-order valence-electron chi connectivity index (χ1n) is 6.55. The Labute approximate surface area is 108 Å². The number of carbonyl (C=O) groups excluding carboxylic acids is 1. The van der Waals surface area contributed by atoms with Crippen molar-refractivity contribution in [2.75, 3.05) is 36.9 Å². The molecular weight excluding hydrogens is 226 g/mol. The Bertz CT molecular complexity index is 431. The van der Waals surface area contributed by atoms with E-state index in [0.717, 1.165) is 18.7 Å². The van der Waals surface area contributed by atoms with E-state index in [1.807, 2.05) is 18.9 Å². The zero-order valence-electron chi connectivity index (χ0n) is 11.1. The maximum Gasteiger partial charge on any atom is 0.239 e. The Morgan fingerprint density at radius 1 is 1.50 bits per heavy atom. The zero-order chi connectivity index (χ0) is 13.0. The van der Waals surface area contributed by atoms with E-state index >= 15 is 0 Å². The lowest BCUT2D eigenvalue weighted by molar-refractivity contribution is -0.119. The molecule has 0 atom stereocenters. The fraction of sp³-hybridized carbons (Fsp3) is 0.500. The molecule has 18 heavy (non-hydrogen) atoms. The van der Waals surface area contributed by atoms with E-state index in [0.29, 0.717) is 13.1 Å². The largest absolute Gasteiger partial charge is 0.385 e. The molecule has 4 heteroatoms. The molecule has 0 unspecified atom stereocenters. The van der Waals surface area contributed by atoms with Crippen molar-refractivity contribution in [2.45, 2.75) is 19.8 Å². The summed E-state index contributed by atoms with van der Waals surface area (Å²) < 4.78 is 0. The van der Waals surface area contributed by atoms with Crippen LogP contribution in [0.3, 0.4) is 0 Å². The van der Waals surface area contributed by atoms with E-state index in [4.69, 9.17) is 0 Å². The van der Waals surface area contributed by atoms with Gasteiger partial charge in [-0.25, -0.2) is 0 Å². The number of nitrogens with one attached hydrogen (secondary N) is 2. The van der Waals surface area contributed by atoms with Crippen molar-refractivity contribution >= 4 is 17.3 Å². The van der Waals surface area contributed by atoms with Gasteiger partial charge in [0.05, 0.1) is 6.54 Å². The highest BCUT2D eigenvalue weighted by atomic mass is 16.1. The van der Waals surface area contributed by atoms with Gasteiger partial charge in [-0.05, 0) is 37.5 Å². The number of hydrogen-bond acceptors (Lipinski definition) is 3. The Morgan fingerprint density at radius 3 is 3.11 bits per heavy atom. The molecule has 0 saturated carbocycles. The fourth-order valence-corrected chi connectivity index (χ4v) is 2.25. The van der Waals surface area contributed by atoms with Gasteiger partial charge in [-0.2, -0.15) is 0 Å². The minimum Gasteiger partial charge on any atom is -0.385 e. The van der Waals surface area contributed by atoms with Gasteiger partial charge in [-0.1, -0.05) is 6.07 Å². The van der Waals surface area contributed by atoms with Crippen molar-refractivity contribution in [2.24, 2.45) is 0 Å². The van der Waals surface area contributed by atoms with Crippen LogP contribution in [-0.2, 0) is 11.2 Å². The molecule has 1 heterocycles. The highest BCUT2D eigenvalue weighted by Gasteiger charge is 2.11. The summed E-state index contributed by atoms with van der Waals surface area (Å²) in [7, 11) is 1.94. The Kier molecular flexibility index (Phi) is 4.07. The Morgan fingerprint density at radius 2 is 2.33 bits per heavy atom. The van der Waals surface area contributed by atoms with Crippen molar-refractivity contribution in [3.63, 3.8) is 0 Å². The van der Waals surface area contributed by atoms with Crippen molar-refractivity contribution in [1.29, 1.82) is 0 Å². The fourth-order valence-electron chi connectivity index (χ4n) is 2.25. The van der Waals surface area contributed by atoms with Crippen LogP contribution < -0.4 is 15.5 Å². The zero-order valence-corrected chi connectivity index (χ0v) is 11.1. The molecular formula is C14H21N3O. The molecule has 1 aromatic rings. The summed E-state index contributed by atoms with van der Waals surface area (Å²) in [5.41, 5.74) is 3.66. The predicted octanol–water partition coefficient (Wildman–Crippen LogP) is 1.62. The number of anilines is 2. The molecule has 1 aromatic carbocycles. The van der Waals surface area contributed by atoms with Gasteiger partial charge in [0.1, 0.15) is 0 Å². The predicted molar refractivity (Wildman–Crippen MR) is 75.2 cm³/mol. The average molecular weight is 247 g/mol. The molecule has 0 fully saturated rings.